The molecular weight excluding hydrogens is 354 g/mol. The molecule has 1 saturated heterocycles. The summed E-state index contributed by atoms with van der Waals surface area (Å²) >= 11 is 0. The first-order valence-corrected chi connectivity index (χ1v) is 10.5. The van der Waals surface area contributed by atoms with Gasteiger partial charge in [-0.3, -0.25) is 14.7 Å². The molecule has 0 atom stereocenters. The van der Waals surface area contributed by atoms with Gasteiger partial charge in [0.05, 0.1) is 24.8 Å². The number of carbonyl (C=O) groups is 1. The van der Waals surface area contributed by atoms with Crippen molar-refractivity contribution in [1.29, 1.82) is 0 Å². The Morgan fingerprint density at radius 1 is 1.32 bits per heavy atom. The van der Waals surface area contributed by atoms with Crippen molar-refractivity contribution in [2.45, 2.75) is 77.0 Å². The zero-order valence-corrected chi connectivity index (χ0v) is 17.8. The summed E-state index contributed by atoms with van der Waals surface area (Å²) in [4.78, 5) is 21.6. The van der Waals surface area contributed by atoms with Crippen molar-refractivity contribution < 1.29 is 14.6 Å². The second-order valence-corrected chi connectivity index (χ2v) is 8.67. The standard InChI is InChI=1S/C22H35N3O3/c1-16-14-23-19(17(2)21(16)28-4)15-25-11-7-18(8-12-25)24(3)20(26)13-22(27)9-5-6-10-22/h14,18,27H,5-13,15H2,1-4H3. The molecule has 6 nitrogen and oxygen atoms in total. The van der Waals surface area contributed by atoms with Crippen LogP contribution in [-0.2, 0) is 11.3 Å². The van der Waals surface area contributed by atoms with Crippen molar-refractivity contribution in [3.8, 4) is 5.75 Å². The van der Waals surface area contributed by atoms with Gasteiger partial charge in [-0.25, -0.2) is 0 Å². The number of aliphatic hydroxyl groups is 1. The van der Waals surface area contributed by atoms with Gasteiger partial charge in [0, 0.05) is 50.0 Å². The number of amides is 1. The number of rotatable bonds is 6. The van der Waals surface area contributed by atoms with E-state index >= 15 is 0 Å². The Balaban J connectivity index is 1.52. The van der Waals surface area contributed by atoms with Gasteiger partial charge in [0.25, 0.3) is 0 Å². The molecule has 0 radical (unpaired) electrons. The van der Waals surface area contributed by atoms with Gasteiger partial charge in [0.15, 0.2) is 0 Å². The number of aromatic nitrogens is 1. The van der Waals surface area contributed by atoms with E-state index < -0.39 is 5.60 Å². The highest BCUT2D eigenvalue weighted by atomic mass is 16.5. The van der Waals surface area contributed by atoms with Crippen molar-refractivity contribution in [2.75, 3.05) is 27.2 Å². The van der Waals surface area contributed by atoms with Crippen LogP contribution < -0.4 is 4.74 Å². The van der Waals surface area contributed by atoms with E-state index in [9.17, 15) is 9.90 Å². The minimum Gasteiger partial charge on any atom is -0.496 e. The first kappa shape index (κ1) is 21.1. The van der Waals surface area contributed by atoms with E-state index in [0.717, 1.165) is 80.7 Å². The molecule has 0 unspecified atom stereocenters. The number of likely N-dealkylation sites (tertiary alicyclic amines) is 1. The normalized spacial score (nSPS) is 20.3. The number of hydrogen-bond acceptors (Lipinski definition) is 5. The number of aryl methyl sites for hydroxylation is 1. The van der Waals surface area contributed by atoms with Crippen LogP contribution in [0, 0.1) is 13.8 Å². The smallest absolute Gasteiger partial charge is 0.225 e. The molecule has 1 aliphatic heterocycles. The van der Waals surface area contributed by atoms with Crippen molar-refractivity contribution in [3.63, 3.8) is 0 Å². The van der Waals surface area contributed by atoms with Gasteiger partial charge in [-0.1, -0.05) is 12.8 Å². The largest absolute Gasteiger partial charge is 0.496 e. The van der Waals surface area contributed by atoms with Crippen LogP contribution in [0.5, 0.6) is 5.75 Å². The third-order valence-electron chi connectivity index (χ3n) is 6.64. The lowest BCUT2D eigenvalue weighted by Crippen LogP contribution is -2.47. The van der Waals surface area contributed by atoms with E-state index in [1.807, 2.05) is 25.1 Å². The van der Waals surface area contributed by atoms with Gasteiger partial charge in [0.2, 0.25) is 5.91 Å². The van der Waals surface area contributed by atoms with Gasteiger partial charge in [-0.15, -0.1) is 0 Å². The minimum atomic E-state index is -0.764. The van der Waals surface area contributed by atoms with E-state index in [1.165, 1.54) is 0 Å². The average Bonchev–Trinajstić information content (AvgIpc) is 3.10. The van der Waals surface area contributed by atoms with Gasteiger partial charge >= 0.3 is 0 Å². The highest BCUT2D eigenvalue weighted by Gasteiger charge is 2.36. The summed E-state index contributed by atoms with van der Waals surface area (Å²) in [5.74, 6) is 1.01. The monoisotopic (exact) mass is 389 g/mol. The van der Waals surface area contributed by atoms with E-state index in [-0.39, 0.29) is 18.4 Å². The van der Waals surface area contributed by atoms with Gasteiger partial charge < -0.3 is 14.7 Å². The zero-order valence-electron chi connectivity index (χ0n) is 17.8. The Morgan fingerprint density at radius 2 is 1.96 bits per heavy atom. The Labute approximate surface area is 168 Å². The molecule has 2 aliphatic rings. The number of carbonyl (C=O) groups excluding carboxylic acids is 1. The molecule has 1 N–H and O–H groups in total. The molecule has 1 saturated carbocycles. The number of hydrogen-bond donors (Lipinski definition) is 1. The summed E-state index contributed by atoms with van der Waals surface area (Å²) in [5.41, 5.74) is 2.47. The second kappa shape index (κ2) is 8.78. The van der Waals surface area contributed by atoms with Crippen molar-refractivity contribution >= 4 is 5.91 Å². The third kappa shape index (κ3) is 4.66. The zero-order chi connectivity index (χ0) is 20.3. The fourth-order valence-electron chi connectivity index (χ4n) is 4.73. The molecule has 3 rings (SSSR count). The SMILES string of the molecule is COc1c(C)cnc(CN2CCC(N(C)C(=O)CC3(O)CCCC3)CC2)c1C. The highest BCUT2D eigenvalue weighted by molar-refractivity contribution is 5.77. The Hall–Kier alpha value is -1.66. The van der Waals surface area contributed by atoms with Crippen LogP contribution in [-0.4, -0.2) is 64.7 Å². The predicted octanol–water partition coefficient (Wildman–Crippen LogP) is 2.83. The number of ether oxygens (including phenoxy) is 1. The molecular formula is C22H35N3O3. The molecule has 156 valence electrons. The molecule has 0 bridgehead atoms. The lowest BCUT2D eigenvalue weighted by Gasteiger charge is -2.37. The summed E-state index contributed by atoms with van der Waals surface area (Å²) < 4.78 is 5.52. The molecule has 1 aromatic rings. The fraction of sp³-hybridized carbons (Fsp3) is 0.727. The maximum Gasteiger partial charge on any atom is 0.225 e. The summed E-state index contributed by atoms with van der Waals surface area (Å²) in [7, 11) is 3.61. The lowest BCUT2D eigenvalue weighted by atomic mass is 9.96. The average molecular weight is 390 g/mol. The van der Waals surface area contributed by atoms with Crippen LogP contribution >= 0.6 is 0 Å². The highest BCUT2D eigenvalue weighted by Crippen LogP contribution is 2.33. The molecule has 0 aromatic carbocycles. The summed E-state index contributed by atoms with van der Waals surface area (Å²) in [6.45, 7) is 6.80. The number of nitrogens with zero attached hydrogens (tertiary/aromatic N) is 3. The molecule has 1 aromatic heterocycles. The third-order valence-corrected chi connectivity index (χ3v) is 6.64. The van der Waals surface area contributed by atoms with Crippen molar-refractivity contribution in [2.24, 2.45) is 0 Å². The minimum absolute atomic E-state index is 0.0867. The number of pyridine rings is 1. The predicted molar refractivity (Wildman–Crippen MR) is 109 cm³/mol. The summed E-state index contributed by atoms with van der Waals surface area (Å²) in [5, 5.41) is 10.5. The first-order chi connectivity index (χ1) is 13.3. The van der Waals surface area contributed by atoms with Crippen LogP contribution in [0.25, 0.3) is 0 Å². The molecule has 2 heterocycles. The number of piperidine rings is 1. The van der Waals surface area contributed by atoms with Crippen LogP contribution in [0.15, 0.2) is 6.20 Å². The van der Waals surface area contributed by atoms with Gasteiger partial charge in [-0.05, 0) is 39.5 Å². The molecule has 0 spiro atoms. The molecule has 1 aliphatic carbocycles. The lowest BCUT2D eigenvalue weighted by molar-refractivity contribution is -0.138. The van der Waals surface area contributed by atoms with Crippen LogP contribution in [0.4, 0.5) is 0 Å². The molecule has 28 heavy (non-hydrogen) atoms. The van der Waals surface area contributed by atoms with Crippen molar-refractivity contribution in [3.05, 3.63) is 23.0 Å². The quantitative estimate of drug-likeness (QED) is 0.810. The van der Waals surface area contributed by atoms with Gasteiger partial charge in [-0.2, -0.15) is 0 Å². The van der Waals surface area contributed by atoms with E-state index in [2.05, 4.69) is 16.8 Å². The van der Waals surface area contributed by atoms with Crippen LogP contribution in [0.3, 0.4) is 0 Å². The summed E-state index contributed by atoms with van der Waals surface area (Å²) in [6.07, 6.45) is 7.66. The molecule has 6 heteroatoms. The molecule has 2 fully saturated rings. The Bertz CT molecular complexity index is 693. The Morgan fingerprint density at radius 3 is 2.57 bits per heavy atom. The van der Waals surface area contributed by atoms with Crippen molar-refractivity contribution in [1.82, 2.24) is 14.8 Å². The maximum absolute atomic E-state index is 12.7. The van der Waals surface area contributed by atoms with Crippen LogP contribution in [0.2, 0.25) is 0 Å². The first-order valence-electron chi connectivity index (χ1n) is 10.5. The maximum atomic E-state index is 12.7. The van der Waals surface area contributed by atoms with E-state index in [4.69, 9.17) is 4.74 Å². The van der Waals surface area contributed by atoms with E-state index in [0.29, 0.717) is 0 Å². The second-order valence-electron chi connectivity index (χ2n) is 8.67. The summed E-state index contributed by atoms with van der Waals surface area (Å²) in [6, 6.07) is 0.260. The topological polar surface area (TPSA) is 65.9 Å². The van der Waals surface area contributed by atoms with Gasteiger partial charge in [0.1, 0.15) is 5.75 Å². The molecule has 1 amide bonds. The number of methoxy groups -OCH3 is 1. The Kier molecular flexibility index (Phi) is 6.61. The fourth-order valence-corrected chi connectivity index (χ4v) is 4.73. The van der Waals surface area contributed by atoms with E-state index in [1.54, 1.807) is 7.11 Å². The van der Waals surface area contributed by atoms with Crippen LogP contribution in [0.1, 0.15) is 61.8 Å².